The molecule has 1 saturated carbocycles. The summed E-state index contributed by atoms with van der Waals surface area (Å²) in [4.78, 5) is 1.87. The van der Waals surface area contributed by atoms with E-state index in [4.69, 9.17) is 0 Å². The summed E-state index contributed by atoms with van der Waals surface area (Å²) in [5.41, 5.74) is 0.561. The maximum atomic E-state index is 13.7. The number of hydrogen-bond donors (Lipinski definition) is 2. The highest BCUT2D eigenvalue weighted by atomic mass is 19.1. The minimum absolute atomic E-state index is 0.235. The highest BCUT2D eigenvalue weighted by Gasteiger charge is 2.22. The second kappa shape index (κ2) is 6.16. The van der Waals surface area contributed by atoms with Crippen molar-refractivity contribution in [1.29, 1.82) is 0 Å². The lowest BCUT2D eigenvalue weighted by Crippen LogP contribution is -2.39. The molecule has 4 heteroatoms. The maximum Gasteiger partial charge on any atom is 0.146 e. The van der Waals surface area contributed by atoms with Gasteiger partial charge in [-0.3, -0.25) is 0 Å². The molecule has 1 aliphatic carbocycles. The molecule has 0 aliphatic heterocycles. The van der Waals surface area contributed by atoms with E-state index < -0.39 is 6.10 Å². The molecular formula is C14H21FN2O. The van der Waals surface area contributed by atoms with Crippen molar-refractivity contribution in [3.8, 4) is 0 Å². The Bertz CT molecular complexity index is 382. The molecule has 1 fully saturated rings. The first kappa shape index (κ1) is 13.3. The van der Waals surface area contributed by atoms with E-state index in [1.165, 1.54) is 18.9 Å². The van der Waals surface area contributed by atoms with Gasteiger partial charge in [0.05, 0.1) is 11.8 Å². The molecule has 1 atom stereocenters. The lowest BCUT2D eigenvalue weighted by Gasteiger charge is -2.26. The van der Waals surface area contributed by atoms with E-state index in [0.717, 1.165) is 0 Å². The molecule has 0 saturated heterocycles. The average Bonchev–Trinajstić information content (AvgIpc) is 3.18. The zero-order valence-electron chi connectivity index (χ0n) is 10.8. The first-order chi connectivity index (χ1) is 8.70. The predicted octanol–water partition coefficient (Wildman–Crippen LogP) is 1.76. The van der Waals surface area contributed by atoms with Crippen molar-refractivity contribution in [2.75, 3.05) is 24.5 Å². The van der Waals surface area contributed by atoms with Gasteiger partial charge in [-0.15, -0.1) is 0 Å². The normalized spacial score (nSPS) is 16.6. The molecule has 1 aromatic carbocycles. The summed E-state index contributed by atoms with van der Waals surface area (Å²) in [6, 6.07) is 7.28. The lowest BCUT2D eigenvalue weighted by atomic mass is 10.2. The molecule has 2 N–H and O–H groups in total. The van der Waals surface area contributed by atoms with Gasteiger partial charge in [0.1, 0.15) is 5.82 Å². The highest BCUT2D eigenvalue weighted by Crippen LogP contribution is 2.20. The van der Waals surface area contributed by atoms with Gasteiger partial charge in [0.15, 0.2) is 0 Å². The Balaban J connectivity index is 1.89. The summed E-state index contributed by atoms with van der Waals surface area (Å²) < 4.78 is 13.7. The molecule has 18 heavy (non-hydrogen) atoms. The molecule has 2 rings (SSSR count). The zero-order chi connectivity index (χ0) is 13.0. The molecule has 1 aliphatic rings. The summed E-state index contributed by atoms with van der Waals surface area (Å²) in [6.07, 6.45) is 1.94. The van der Waals surface area contributed by atoms with E-state index in [9.17, 15) is 9.50 Å². The fourth-order valence-electron chi connectivity index (χ4n) is 2.02. The molecule has 0 bridgehead atoms. The average molecular weight is 252 g/mol. The molecule has 0 aromatic heterocycles. The third kappa shape index (κ3) is 3.68. The second-order valence-electron chi connectivity index (χ2n) is 4.83. The monoisotopic (exact) mass is 252 g/mol. The number of benzene rings is 1. The fraction of sp³-hybridized carbons (Fsp3) is 0.571. The van der Waals surface area contributed by atoms with Crippen molar-refractivity contribution in [2.24, 2.45) is 0 Å². The van der Waals surface area contributed by atoms with Crippen LogP contribution in [-0.2, 0) is 0 Å². The van der Waals surface area contributed by atoms with Gasteiger partial charge < -0.3 is 15.3 Å². The zero-order valence-corrected chi connectivity index (χ0v) is 10.8. The van der Waals surface area contributed by atoms with Crippen LogP contribution in [0.15, 0.2) is 24.3 Å². The van der Waals surface area contributed by atoms with Crippen molar-refractivity contribution in [3.63, 3.8) is 0 Å². The van der Waals surface area contributed by atoms with E-state index in [0.29, 0.717) is 31.4 Å². The number of anilines is 1. The minimum atomic E-state index is -0.467. The van der Waals surface area contributed by atoms with Gasteiger partial charge in [0.25, 0.3) is 0 Å². The van der Waals surface area contributed by atoms with Gasteiger partial charge in [-0.25, -0.2) is 4.39 Å². The number of rotatable bonds is 7. The third-order valence-corrected chi connectivity index (χ3v) is 3.23. The van der Waals surface area contributed by atoms with Crippen LogP contribution < -0.4 is 10.2 Å². The Morgan fingerprint density at radius 2 is 2.17 bits per heavy atom. The maximum absolute atomic E-state index is 13.7. The SMILES string of the molecule is CCN(CC(O)CNC1CC1)c1ccccc1F. The van der Waals surface area contributed by atoms with Crippen LogP contribution >= 0.6 is 0 Å². The van der Waals surface area contributed by atoms with Crippen molar-refractivity contribution >= 4 is 5.69 Å². The standard InChI is InChI=1S/C14H21FN2O/c1-2-17(14-6-4-3-5-13(14)15)10-12(18)9-16-11-7-8-11/h3-6,11-12,16,18H,2,7-10H2,1H3. The molecule has 0 amide bonds. The molecule has 100 valence electrons. The van der Waals surface area contributed by atoms with Crippen LogP contribution in [0.2, 0.25) is 0 Å². The Hall–Kier alpha value is -1.13. The topological polar surface area (TPSA) is 35.5 Å². The van der Waals surface area contributed by atoms with Gasteiger partial charge in [0, 0.05) is 25.7 Å². The summed E-state index contributed by atoms with van der Waals surface area (Å²) in [5.74, 6) is -0.235. The predicted molar refractivity (Wildman–Crippen MR) is 71.3 cm³/mol. The molecule has 0 radical (unpaired) electrons. The van der Waals surface area contributed by atoms with Gasteiger partial charge in [0.2, 0.25) is 0 Å². The smallest absolute Gasteiger partial charge is 0.146 e. The van der Waals surface area contributed by atoms with Gasteiger partial charge >= 0.3 is 0 Å². The number of hydrogen-bond acceptors (Lipinski definition) is 3. The Morgan fingerprint density at radius 3 is 2.78 bits per heavy atom. The molecule has 0 spiro atoms. The van der Waals surface area contributed by atoms with Crippen LogP contribution in [0, 0.1) is 5.82 Å². The Morgan fingerprint density at radius 1 is 1.44 bits per heavy atom. The molecule has 1 unspecified atom stereocenters. The molecular weight excluding hydrogens is 231 g/mol. The van der Waals surface area contributed by atoms with Gasteiger partial charge in [-0.2, -0.15) is 0 Å². The third-order valence-electron chi connectivity index (χ3n) is 3.23. The van der Waals surface area contributed by atoms with E-state index in [-0.39, 0.29) is 5.82 Å². The van der Waals surface area contributed by atoms with Crippen LogP contribution in [0.5, 0.6) is 0 Å². The van der Waals surface area contributed by atoms with Crippen LogP contribution in [0.4, 0.5) is 10.1 Å². The summed E-state index contributed by atoms with van der Waals surface area (Å²) in [7, 11) is 0. The van der Waals surface area contributed by atoms with E-state index in [1.54, 1.807) is 12.1 Å². The Labute approximate surface area is 108 Å². The number of likely N-dealkylation sites (N-methyl/N-ethyl adjacent to an activating group) is 1. The first-order valence-electron chi connectivity index (χ1n) is 6.61. The molecule has 0 heterocycles. The first-order valence-corrected chi connectivity index (χ1v) is 6.61. The summed E-state index contributed by atoms with van der Waals surface area (Å²) in [6.45, 7) is 3.68. The summed E-state index contributed by atoms with van der Waals surface area (Å²) in [5, 5.41) is 13.2. The van der Waals surface area contributed by atoms with E-state index >= 15 is 0 Å². The van der Waals surface area contributed by atoms with Gasteiger partial charge in [-0.05, 0) is 31.9 Å². The number of nitrogens with zero attached hydrogens (tertiary/aromatic N) is 1. The number of aliphatic hydroxyl groups is 1. The summed E-state index contributed by atoms with van der Waals surface area (Å²) >= 11 is 0. The van der Waals surface area contributed by atoms with Crippen molar-refractivity contribution in [3.05, 3.63) is 30.1 Å². The van der Waals surface area contributed by atoms with Crippen LogP contribution in [-0.4, -0.2) is 36.9 Å². The van der Waals surface area contributed by atoms with Gasteiger partial charge in [-0.1, -0.05) is 12.1 Å². The second-order valence-corrected chi connectivity index (χ2v) is 4.83. The largest absolute Gasteiger partial charge is 0.390 e. The highest BCUT2D eigenvalue weighted by molar-refractivity contribution is 5.47. The number of para-hydroxylation sites is 1. The van der Waals surface area contributed by atoms with Crippen LogP contribution in [0.25, 0.3) is 0 Å². The van der Waals surface area contributed by atoms with E-state index in [2.05, 4.69) is 5.32 Å². The quantitative estimate of drug-likeness (QED) is 0.776. The molecule has 1 aromatic rings. The van der Waals surface area contributed by atoms with Crippen molar-refractivity contribution < 1.29 is 9.50 Å². The van der Waals surface area contributed by atoms with Crippen LogP contribution in [0.3, 0.4) is 0 Å². The van der Waals surface area contributed by atoms with Crippen LogP contribution in [0.1, 0.15) is 19.8 Å². The molecule has 3 nitrogen and oxygen atoms in total. The number of nitrogens with one attached hydrogen (secondary N) is 1. The number of halogens is 1. The lowest BCUT2D eigenvalue weighted by molar-refractivity contribution is 0.176. The Kier molecular flexibility index (Phi) is 4.55. The fourth-order valence-corrected chi connectivity index (χ4v) is 2.02. The van der Waals surface area contributed by atoms with Crippen molar-refractivity contribution in [1.82, 2.24) is 5.32 Å². The van der Waals surface area contributed by atoms with E-state index in [1.807, 2.05) is 17.9 Å². The van der Waals surface area contributed by atoms with Crippen molar-refractivity contribution in [2.45, 2.75) is 31.9 Å². The minimum Gasteiger partial charge on any atom is -0.390 e. The number of aliphatic hydroxyl groups excluding tert-OH is 1.